The van der Waals surface area contributed by atoms with Crippen LogP contribution in [0.4, 0.5) is 18.9 Å². The molecule has 2 saturated heterocycles. The van der Waals surface area contributed by atoms with Crippen LogP contribution in [-0.2, 0) is 33.0 Å². The molecule has 0 bridgehead atoms. The number of carbonyl (C=O) groups excluding carboxylic acids is 3. The maximum absolute atomic E-state index is 15.2. The fourth-order valence-corrected chi connectivity index (χ4v) is 7.69. The van der Waals surface area contributed by atoms with Gasteiger partial charge in [0.2, 0.25) is 5.78 Å². The third-order valence-corrected chi connectivity index (χ3v) is 9.63. The van der Waals surface area contributed by atoms with E-state index in [4.69, 9.17) is 11.6 Å². The van der Waals surface area contributed by atoms with Crippen LogP contribution in [0.25, 0.3) is 0 Å². The molecular formula is C35H27ClF3N3O3. The van der Waals surface area contributed by atoms with Crippen LogP contribution in [0.5, 0.6) is 0 Å². The van der Waals surface area contributed by atoms with Gasteiger partial charge in [0.15, 0.2) is 0 Å². The number of benzene rings is 4. The Labute approximate surface area is 262 Å². The SMILES string of the molecule is O=C1C(=O)[C@@]2(CN1Cc1ccccc1)[C@H](c1ccc(Cl)cc1)[C@@H](C(F)(F)F)N[C@]21C(=O)N(Cc2ccccc2)c2ccccc21. The minimum absolute atomic E-state index is 0.00314. The van der Waals surface area contributed by atoms with Gasteiger partial charge in [0.25, 0.3) is 11.8 Å². The molecule has 6 nitrogen and oxygen atoms in total. The van der Waals surface area contributed by atoms with Crippen molar-refractivity contribution < 1.29 is 27.6 Å². The van der Waals surface area contributed by atoms with Gasteiger partial charge in [-0.15, -0.1) is 0 Å². The van der Waals surface area contributed by atoms with E-state index in [1.807, 2.05) is 30.3 Å². The van der Waals surface area contributed by atoms with Gasteiger partial charge >= 0.3 is 6.18 Å². The zero-order valence-corrected chi connectivity index (χ0v) is 24.6. The number of rotatable bonds is 5. The number of fused-ring (bicyclic) bond motifs is 3. The second-order valence-corrected chi connectivity index (χ2v) is 12.2. The summed E-state index contributed by atoms with van der Waals surface area (Å²) in [6.45, 7) is -0.336. The van der Waals surface area contributed by atoms with Crippen LogP contribution in [-0.4, -0.2) is 41.3 Å². The van der Waals surface area contributed by atoms with E-state index >= 15 is 13.2 Å². The summed E-state index contributed by atoms with van der Waals surface area (Å²) in [4.78, 5) is 46.2. The summed E-state index contributed by atoms with van der Waals surface area (Å²) in [6, 6.07) is 28.1. The maximum atomic E-state index is 15.2. The van der Waals surface area contributed by atoms with E-state index in [1.165, 1.54) is 34.1 Å². The lowest BCUT2D eigenvalue weighted by Crippen LogP contribution is -2.60. The standard InChI is InChI=1S/C35H27ClF3N3O3/c36-25-17-15-24(16-18-25)28-29(35(37,38)39)40-34(33(28)21-41(31(44)30(33)43)19-22-9-3-1-4-10-22)26-13-7-8-14-27(26)42(32(34)45)20-23-11-5-2-6-12-23/h1-18,28-29,40H,19-21H2/t28-,29+,33-,34-/m1/s1. The summed E-state index contributed by atoms with van der Waals surface area (Å²) in [5.74, 6) is -4.28. The summed E-state index contributed by atoms with van der Waals surface area (Å²) >= 11 is 6.14. The van der Waals surface area contributed by atoms with Crippen molar-refractivity contribution in [1.82, 2.24) is 10.2 Å². The molecule has 45 heavy (non-hydrogen) atoms. The quantitative estimate of drug-likeness (QED) is 0.275. The van der Waals surface area contributed by atoms with Crippen molar-refractivity contribution in [1.29, 1.82) is 0 Å². The number of hydrogen-bond acceptors (Lipinski definition) is 4. The number of amides is 2. The molecule has 0 aliphatic carbocycles. The zero-order chi connectivity index (χ0) is 31.6. The highest BCUT2D eigenvalue weighted by atomic mass is 35.5. The van der Waals surface area contributed by atoms with Crippen LogP contribution in [0.1, 0.15) is 28.2 Å². The lowest BCUT2D eigenvalue weighted by atomic mass is 9.59. The molecule has 0 saturated carbocycles. The number of anilines is 1. The van der Waals surface area contributed by atoms with Gasteiger partial charge in [0.05, 0.1) is 12.0 Å². The Kier molecular flexibility index (Phi) is 6.87. The normalized spacial score (nSPS) is 26.0. The second-order valence-electron chi connectivity index (χ2n) is 11.8. The number of hydrogen-bond donors (Lipinski definition) is 1. The van der Waals surface area contributed by atoms with E-state index < -0.39 is 53.2 Å². The van der Waals surface area contributed by atoms with Gasteiger partial charge in [-0.05, 0) is 34.9 Å². The lowest BCUT2D eigenvalue weighted by Gasteiger charge is -2.40. The molecule has 4 aromatic carbocycles. The second kappa shape index (κ2) is 10.6. The highest BCUT2D eigenvalue weighted by Gasteiger charge is 2.81. The van der Waals surface area contributed by atoms with E-state index in [-0.39, 0.29) is 24.2 Å². The first-order valence-electron chi connectivity index (χ1n) is 14.5. The summed E-state index contributed by atoms with van der Waals surface area (Å²) in [5, 5.41) is 3.01. The molecule has 2 amide bonds. The van der Waals surface area contributed by atoms with Gasteiger partial charge in [-0.25, -0.2) is 0 Å². The first-order valence-corrected chi connectivity index (χ1v) is 14.9. The molecule has 2 spiro atoms. The molecule has 1 N–H and O–H groups in total. The number of alkyl halides is 3. The number of ketones is 1. The molecule has 3 heterocycles. The monoisotopic (exact) mass is 629 g/mol. The Morgan fingerprint density at radius 3 is 1.98 bits per heavy atom. The lowest BCUT2D eigenvalue weighted by molar-refractivity contribution is -0.159. The molecular weight excluding hydrogens is 603 g/mol. The number of nitrogens with one attached hydrogen (secondary N) is 1. The fourth-order valence-electron chi connectivity index (χ4n) is 7.57. The first kappa shape index (κ1) is 29.3. The average molecular weight is 630 g/mol. The van der Waals surface area contributed by atoms with Crippen molar-refractivity contribution in [2.45, 2.75) is 36.8 Å². The van der Waals surface area contributed by atoms with E-state index in [0.29, 0.717) is 16.3 Å². The third-order valence-electron chi connectivity index (χ3n) is 9.38. The summed E-state index contributed by atoms with van der Waals surface area (Å²) < 4.78 is 45.7. The molecule has 0 radical (unpaired) electrons. The van der Waals surface area contributed by atoms with Crippen molar-refractivity contribution in [3.8, 4) is 0 Å². The molecule has 2 fully saturated rings. The summed E-state index contributed by atoms with van der Waals surface area (Å²) in [6.07, 6.45) is -4.89. The summed E-state index contributed by atoms with van der Waals surface area (Å²) in [7, 11) is 0. The van der Waals surface area contributed by atoms with Gasteiger partial charge < -0.3 is 9.80 Å². The third kappa shape index (κ3) is 4.32. The van der Waals surface area contributed by atoms with Crippen LogP contribution >= 0.6 is 11.6 Å². The smallest absolute Gasteiger partial charge is 0.331 e. The Morgan fingerprint density at radius 2 is 1.36 bits per heavy atom. The molecule has 228 valence electrons. The average Bonchev–Trinajstić information content (AvgIpc) is 3.58. The van der Waals surface area contributed by atoms with Crippen molar-refractivity contribution in [3.63, 3.8) is 0 Å². The molecule has 0 aromatic heterocycles. The molecule has 4 atom stereocenters. The molecule has 3 aliphatic heterocycles. The van der Waals surface area contributed by atoms with Crippen LogP contribution in [0, 0.1) is 5.41 Å². The minimum atomic E-state index is -4.89. The van der Waals surface area contributed by atoms with E-state index in [2.05, 4.69) is 5.32 Å². The fraction of sp³-hybridized carbons (Fsp3) is 0.229. The van der Waals surface area contributed by atoms with Crippen molar-refractivity contribution >= 4 is 34.9 Å². The predicted molar refractivity (Wildman–Crippen MR) is 162 cm³/mol. The zero-order valence-electron chi connectivity index (χ0n) is 23.8. The van der Waals surface area contributed by atoms with Gasteiger partial charge in [0.1, 0.15) is 11.6 Å². The predicted octanol–water partition coefficient (Wildman–Crippen LogP) is 6.00. The van der Waals surface area contributed by atoms with Gasteiger partial charge in [-0.3, -0.25) is 19.7 Å². The highest BCUT2D eigenvalue weighted by Crippen LogP contribution is 2.65. The van der Waals surface area contributed by atoms with E-state index in [1.54, 1.807) is 54.6 Å². The number of para-hydroxylation sites is 1. The van der Waals surface area contributed by atoms with E-state index in [0.717, 1.165) is 5.56 Å². The molecule has 7 rings (SSSR count). The number of Topliss-reactive ketones (excluding diaryl/α,β-unsaturated/α-hetero) is 1. The van der Waals surface area contributed by atoms with E-state index in [9.17, 15) is 14.4 Å². The molecule has 10 heteroatoms. The Bertz CT molecular complexity index is 1800. The maximum Gasteiger partial charge on any atom is 0.404 e. The van der Waals surface area contributed by atoms with Crippen molar-refractivity contribution in [2.75, 3.05) is 11.4 Å². The van der Waals surface area contributed by atoms with Gasteiger partial charge in [-0.2, -0.15) is 13.2 Å². The van der Waals surface area contributed by atoms with Crippen molar-refractivity contribution in [2.24, 2.45) is 5.41 Å². The Hall–Kier alpha value is -4.47. The van der Waals surface area contributed by atoms with Crippen LogP contribution in [0.3, 0.4) is 0 Å². The first-order chi connectivity index (χ1) is 21.6. The highest BCUT2D eigenvalue weighted by molar-refractivity contribution is 6.42. The number of nitrogens with zero attached hydrogens (tertiary/aromatic N) is 2. The van der Waals surface area contributed by atoms with Crippen LogP contribution < -0.4 is 10.2 Å². The van der Waals surface area contributed by atoms with Crippen LogP contribution in [0.15, 0.2) is 109 Å². The molecule has 0 unspecified atom stereocenters. The summed E-state index contributed by atoms with van der Waals surface area (Å²) in [5.41, 5.74) is -2.11. The number of likely N-dealkylation sites (tertiary alicyclic amines) is 1. The number of halogens is 4. The largest absolute Gasteiger partial charge is 0.404 e. The Morgan fingerprint density at radius 1 is 0.778 bits per heavy atom. The topological polar surface area (TPSA) is 69.7 Å². The van der Waals surface area contributed by atoms with Crippen LogP contribution in [0.2, 0.25) is 5.02 Å². The number of carbonyl (C=O) groups is 3. The van der Waals surface area contributed by atoms with Crippen molar-refractivity contribution in [3.05, 3.63) is 136 Å². The molecule has 4 aromatic rings. The molecule has 3 aliphatic rings. The van der Waals surface area contributed by atoms with Gasteiger partial charge in [-0.1, -0.05) is 103 Å². The minimum Gasteiger partial charge on any atom is -0.331 e. The Balaban J connectivity index is 1.48. The van der Waals surface area contributed by atoms with Gasteiger partial charge in [0, 0.05) is 35.3 Å².